The van der Waals surface area contributed by atoms with Gasteiger partial charge in [0.1, 0.15) is 6.61 Å². The Hall–Kier alpha value is -2.02. The zero-order chi connectivity index (χ0) is 21.2. The predicted molar refractivity (Wildman–Crippen MR) is 110 cm³/mol. The van der Waals surface area contributed by atoms with Crippen LogP contribution >= 0.6 is 15.9 Å². The molecule has 0 bridgehead atoms. The van der Waals surface area contributed by atoms with Gasteiger partial charge in [-0.2, -0.15) is 13.2 Å². The number of alkyl halides is 3. The first-order chi connectivity index (χ1) is 13.7. The minimum absolute atomic E-state index is 0.0117. The van der Waals surface area contributed by atoms with Crippen LogP contribution in [0.25, 0.3) is 0 Å². The fourth-order valence-electron chi connectivity index (χ4n) is 3.78. The summed E-state index contributed by atoms with van der Waals surface area (Å²) in [5.41, 5.74) is 0.399. The molecule has 2 aromatic rings. The fourth-order valence-corrected chi connectivity index (χ4v) is 4.28. The van der Waals surface area contributed by atoms with E-state index in [4.69, 9.17) is 4.74 Å². The van der Waals surface area contributed by atoms with Gasteiger partial charge in [0.05, 0.1) is 11.3 Å². The largest absolute Gasteiger partial charge is 0.444 e. The second-order valence-corrected chi connectivity index (χ2v) is 8.61. The average Bonchev–Trinajstić information content (AvgIpc) is 2.65. The first-order valence-corrected chi connectivity index (χ1v) is 10.4. The molecule has 2 aromatic carbocycles. The maximum Gasteiger partial charge on any atom is 0.418 e. The molecule has 0 N–H and O–H groups in total. The van der Waals surface area contributed by atoms with Gasteiger partial charge in [0, 0.05) is 10.5 Å². The number of nitrogens with zero attached hydrogens (tertiary/aromatic N) is 1. The third kappa shape index (κ3) is 5.13. The zero-order valence-corrected chi connectivity index (χ0v) is 17.9. The third-order valence-electron chi connectivity index (χ3n) is 4.96. The Morgan fingerprint density at radius 2 is 1.93 bits per heavy atom. The van der Waals surface area contributed by atoms with Crippen molar-refractivity contribution in [3.8, 4) is 0 Å². The van der Waals surface area contributed by atoms with Gasteiger partial charge in [-0.3, -0.25) is 4.90 Å². The van der Waals surface area contributed by atoms with Gasteiger partial charge in [0.2, 0.25) is 0 Å². The smallest absolute Gasteiger partial charge is 0.418 e. The number of carbonyl (C=O) groups is 1. The molecule has 1 heterocycles. The molecule has 0 fully saturated rings. The van der Waals surface area contributed by atoms with Crippen LogP contribution in [0.1, 0.15) is 43.4 Å². The lowest BCUT2D eigenvalue weighted by Gasteiger charge is -2.39. The molecule has 3 rings (SSSR count). The van der Waals surface area contributed by atoms with Crippen LogP contribution in [0.15, 0.2) is 46.9 Å². The van der Waals surface area contributed by atoms with Crippen LogP contribution in [-0.2, 0) is 23.9 Å². The molecule has 0 saturated heterocycles. The molecule has 1 unspecified atom stereocenters. The maximum absolute atomic E-state index is 13.8. The molecular formula is C22H23BrF3NO2. The van der Waals surface area contributed by atoms with Crippen LogP contribution < -0.4 is 4.90 Å². The van der Waals surface area contributed by atoms with Gasteiger partial charge < -0.3 is 4.74 Å². The monoisotopic (exact) mass is 469 g/mol. The van der Waals surface area contributed by atoms with E-state index in [1.54, 1.807) is 18.2 Å². The second-order valence-electron chi connectivity index (χ2n) is 7.69. The lowest BCUT2D eigenvalue weighted by molar-refractivity contribution is -0.137. The molecule has 156 valence electrons. The fraction of sp³-hybridized carbons (Fsp3) is 0.409. The van der Waals surface area contributed by atoms with Gasteiger partial charge in [-0.1, -0.05) is 60.1 Å². The van der Waals surface area contributed by atoms with E-state index in [-0.39, 0.29) is 24.3 Å². The first-order valence-electron chi connectivity index (χ1n) is 9.56. The van der Waals surface area contributed by atoms with Gasteiger partial charge in [0.25, 0.3) is 0 Å². The predicted octanol–water partition coefficient (Wildman–Crippen LogP) is 6.97. The minimum Gasteiger partial charge on any atom is -0.444 e. The molecular weight excluding hydrogens is 447 g/mol. The van der Waals surface area contributed by atoms with Crippen molar-refractivity contribution in [1.29, 1.82) is 0 Å². The molecule has 29 heavy (non-hydrogen) atoms. The first kappa shape index (κ1) is 21.7. The molecule has 1 atom stereocenters. The molecule has 1 amide bonds. The van der Waals surface area contributed by atoms with Gasteiger partial charge in [0.15, 0.2) is 0 Å². The van der Waals surface area contributed by atoms with Gasteiger partial charge in [-0.25, -0.2) is 4.79 Å². The SMILES string of the molecule is CC(C)CC1CCc2cc(Br)cc(C(F)(F)F)c2N1C(=O)OCc1ccccc1. The number of rotatable bonds is 4. The summed E-state index contributed by atoms with van der Waals surface area (Å²) in [6, 6.07) is 11.5. The molecule has 0 aliphatic carbocycles. The quantitative estimate of drug-likeness (QED) is 0.483. The highest BCUT2D eigenvalue weighted by Gasteiger charge is 2.42. The van der Waals surface area contributed by atoms with Gasteiger partial charge in [-0.15, -0.1) is 0 Å². The highest BCUT2D eigenvalue weighted by atomic mass is 79.9. The van der Waals surface area contributed by atoms with Gasteiger partial charge in [-0.05, 0) is 48.4 Å². The summed E-state index contributed by atoms with van der Waals surface area (Å²) in [5, 5.41) is 0. The Labute approximate surface area is 177 Å². The van der Waals surface area contributed by atoms with Crippen molar-refractivity contribution in [3.05, 3.63) is 63.6 Å². The number of aryl methyl sites for hydroxylation is 1. The van der Waals surface area contributed by atoms with E-state index < -0.39 is 17.8 Å². The lowest BCUT2D eigenvalue weighted by atomic mass is 9.89. The Morgan fingerprint density at radius 1 is 1.24 bits per heavy atom. The summed E-state index contributed by atoms with van der Waals surface area (Å²) in [6.07, 6.45) is -3.64. The van der Waals surface area contributed by atoms with Crippen LogP contribution in [0.2, 0.25) is 0 Å². The molecule has 1 aliphatic rings. The Kier molecular flexibility index (Phi) is 6.56. The van der Waals surface area contributed by atoms with E-state index in [1.807, 2.05) is 32.0 Å². The number of hydrogen-bond acceptors (Lipinski definition) is 2. The minimum atomic E-state index is -4.58. The van der Waals surface area contributed by atoms with E-state index in [0.29, 0.717) is 29.3 Å². The molecule has 0 aromatic heterocycles. The number of ether oxygens (including phenoxy) is 1. The van der Waals surface area contributed by atoms with Crippen molar-refractivity contribution < 1.29 is 22.7 Å². The number of carbonyl (C=O) groups excluding carboxylic acids is 1. The normalized spacial score (nSPS) is 16.7. The zero-order valence-electron chi connectivity index (χ0n) is 16.3. The molecule has 0 radical (unpaired) electrons. The summed E-state index contributed by atoms with van der Waals surface area (Å²) in [5.74, 6) is 0.232. The van der Waals surface area contributed by atoms with Gasteiger partial charge >= 0.3 is 12.3 Å². The molecule has 0 saturated carbocycles. The summed E-state index contributed by atoms with van der Waals surface area (Å²) >= 11 is 3.17. The summed E-state index contributed by atoms with van der Waals surface area (Å²) in [7, 11) is 0. The van der Waals surface area contributed by atoms with Crippen molar-refractivity contribution in [2.75, 3.05) is 4.90 Å². The van der Waals surface area contributed by atoms with Crippen LogP contribution in [0.5, 0.6) is 0 Å². The number of benzene rings is 2. The summed E-state index contributed by atoms with van der Waals surface area (Å²) in [4.78, 5) is 14.2. The second kappa shape index (κ2) is 8.78. The topological polar surface area (TPSA) is 29.5 Å². The highest BCUT2D eigenvalue weighted by molar-refractivity contribution is 9.10. The Morgan fingerprint density at radius 3 is 2.55 bits per heavy atom. The van der Waals surface area contributed by atoms with Crippen molar-refractivity contribution in [1.82, 2.24) is 0 Å². The number of anilines is 1. The summed E-state index contributed by atoms with van der Waals surface area (Å²) < 4.78 is 47.3. The van der Waals surface area contributed by atoms with Crippen LogP contribution in [0.3, 0.4) is 0 Å². The number of amides is 1. The van der Waals surface area contributed by atoms with Crippen molar-refractivity contribution >= 4 is 27.7 Å². The van der Waals surface area contributed by atoms with Crippen LogP contribution in [-0.4, -0.2) is 12.1 Å². The van der Waals surface area contributed by atoms with E-state index in [1.165, 1.54) is 4.90 Å². The van der Waals surface area contributed by atoms with E-state index >= 15 is 0 Å². The van der Waals surface area contributed by atoms with Crippen molar-refractivity contribution in [2.45, 2.75) is 51.9 Å². The van der Waals surface area contributed by atoms with E-state index in [2.05, 4.69) is 15.9 Å². The Bertz CT molecular complexity index is 868. The molecule has 1 aliphatic heterocycles. The van der Waals surface area contributed by atoms with E-state index in [0.717, 1.165) is 11.6 Å². The van der Waals surface area contributed by atoms with Crippen molar-refractivity contribution in [3.63, 3.8) is 0 Å². The highest BCUT2D eigenvalue weighted by Crippen LogP contribution is 2.45. The molecule has 3 nitrogen and oxygen atoms in total. The maximum atomic E-state index is 13.8. The van der Waals surface area contributed by atoms with Crippen molar-refractivity contribution in [2.24, 2.45) is 5.92 Å². The number of hydrogen-bond donors (Lipinski definition) is 0. The molecule has 7 heteroatoms. The number of halogens is 4. The third-order valence-corrected chi connectivity index (χ3v) is 5.42. The Balaban J connectivity index is 2.00. The standard InChI is InChI=1S/C22H23BrF3NO2/c1-14(2)10-18-9-8-16-11-17(23)12-19(22(24,25)26)20(16)27(18)21(28)29-13-15-6-4-3-5-7-15/h3-7,11-12,14,18H,8-10,13H2,1-2H3. The molecule has 0 spiro atoms. The number of fused-ring (bicyclic) bond motifs is 1. The lowest BCUT2D eigenvalue weighted by Crippen LogP contribution is -2.45. The van der Waals surface area contributed by atoms with E-state index in [9.17, 15) is 18.0 Å². The van der Waals surface area contributed by atoms with Crippen LogP contribution in [0, 0.1) is 5.92 Å². The summed E-state index contributed by atoms with van der Waals surface area (Å²) in [6.45, 7) is 4.00. The van der Waals surface area contributed by atoms with Crippen LogP contribution in [0.4, 0.5) is 23.7 Å². The average molecular weight is 470 g/mol.